The van der Waals surface area contributed by atoms with Gasteiger partial charge in [-0.25, -0.2) is 0 Å². The molecule has 1 amide bonds. The van der Waals surface area contributed by atoms with Crippen molar-refractivity contribution in [2.24, 2.45) is 4.99 Å². The third kappa shape index (κ3) is 5.35. The summed E-state index contributed by atoms with van der Waals surface area (Å²) in [6.07, 6.45) is -5.75. The van der Waals surface area contributed by atoms with Crippen LogP contribution >= 0.6 is 11.8 Å². The van der Waals surface area contributed by atoms with E-state index in [4.69, 9.17) is 0 Å². The number of hydrogen-bond acceptors (Lipinski definition) is 6. The first-order valence-corrected chi connectivity index (χ1v) is 13.6. The highest BCUT2D eigenvalue weighted by Crippen LogP contribution is 2.39. The van der Waals surface area contributed by atoms with Gasteiger partial charge in [0.25, 0.3) is 5.91 Å². The molecule has 14 heteroatoms. The Kier molecular flexibility index (Phi) is 6.90. The van der Waals surface area contributed by atoms with Crippen LogP contribution in [0.1, 0.15) is 28.7 Å². The highest BCUT2D eigenvalue weighted by molar-refractivity contribution is 8.18. The molecule has 0 aliphatic carbocycles. The molecule has 0 radical (unpaired) electrons. The van der Waals surface area contributed by atoms with Gasteiger partial charge in [0, 0.05) is 37.1 Å². The summed E-state index contributed by atoms with van der Waals surface area (Å²) in [6.45, 7) is 1.92. The second kappa shape index (κ2) is 10.2. The van der Waals surface area contributed by atoms with Crippen molar-refractivity contribution in [1.82, 2.24) is 19.6 Å². The predicted octanol–water partition coefficient (Wildman–Crippen LogP) is 4.84. The number of aromatic nitrogens is 2. The van der Waals surface area contributed by atoms with Crippen LogP contribution in [0.15, 0.2) is 52.5 Å². The van der Waals surface area contributed by atoms with E-state index in [1.54, 1.807) is 24.3 Å². The fraction of sp³-hybridized carbons (Fsp3) is 0.370. The first-order chi connectivity index (χ1) is 19.4. The van der Waals surface area contributed by atoms with Crippen molar-refractivity contribution in [3.05, 3.63) is 69.8 Å². The fourth-order valence-electron chi connectivity index (χ4n) is 5.70. The number of carbonyl (C=O) groups is 1. The van der Waals surface area contributed by atoms with E-state index in [0.717, 1.165) is 25.6 Å². The number of rotatable bonds is 5. The lowest BCUT2D eigenvalue weighted by atomic mass is 10.0. The summed E-state index contributed by atoms with van der Waals surface area (Å²) in [6, 6.07) is 7.23. The summed E-state index contributed by atoms with van der Waals surface area (Å²) in [5.74, 6) is -0.349. The maximum atomic E-state index is 13.6. The molecule has 6 rings (SSSR count). The molecule has 3 aliphatic rings. The number of halogens is 6. The first-order valence-electron chi connectivity index (χ1n) is 12.8. The number of nitrogens with zero attached hydrogens (tertiary/aromatic N) is 5. The standard InChI is InChI=1S/C27H23F6N5O2S/c28-26(29,30)18-3-2-16(21(9-18)27(31,32)33)12-38-22-4-1-15(7-17(22)11-34-38)8-23-24(40)35-25(41-23)37-14-19-10-20(37)13-36(19)5-6-39/h1-4,7-9,11,19-20,39H,5-6,10,12-14H2. The zero-order chi connectivity index (χ0) is 29.1. The second-order valence-corrected chi connectivity index (χ2v) is 11.2. The smallest absolute Gasteiger partial charge is 0.395 e. The molecule has 3 aromatic rings. The molecule has 3 aliphatic heterocycles. The normalized spacial score (nSPS) is 22.5. The number of β-amino-alcohol motifs (C(OH)–C–C–N with tert-alkyl or cyclic N) is 1. The molecule has 1 N–H and O–H groups in total. The Morgan fingerprint density at radius 3 is 2.51 bits per heavy atom. The number of aliphatic hydroxyl groups excluding tert-OH is 1. The third-order valence-electron chi connectivity index (χ3n) is 7.62. The van der Waals surface area contributed by atoms with Crippen LogP contribution < -0.4 is 0 Å². The van der Waals surface area contributed by atoms with Gasteiger partial charge < -0.3 is 10.0 Å². The number of benzene rings is 2. The van der Waals surface area contributed by atoms with Crippen LogP contribution in [-0.2, 0) is 23.7 Å². The molecule has 2 saturated heterocycles. The molecular formula is C27H23F6N5O2S. The number of alkyl halides is 6. The number of thioether (sulfide) groups is 1. The Morgan fingerprint density at radius 1 is 1.02 bits per heavy atom. The first kappa shape index (κ1) is 27.8. The molecule has 216 valence electrons. The van der Waals surface area contributed by atoms with Crippen LogP contribution in [-0.4, -0.2) is 74.1 Å². The minimum Gasteiger partial charge on any atom is -0.395 e. The van der Waals surface area contributed by atoms with Gasteiger partial charge in [-0.3, -0.25) is 14.4 Å². The fourth-order valence-corrected chi connectivity index (χ4v) is 6.69. The number of carbonyl (C=O) groups excluding carboxylic acids is 1. The van der Waals surface area contributed by atoms with E-state index in [1.165, 1.54) is 22.6 Å². The maximum absolute atomic E-state index is 13.6. The van der Waals surface area contributed by atoms with Gasteiger partial charge in [0.05, 0.1) is 40.9 Å². The number of piperazine rings is 1. The van der Waals surface area contributed by atoms with E-state index in [9.17, 15) is 36.2 Å². The quantitative estimate of drug-likeness (QED) is 0.336. The van der Waals surface area contributed by atoms with Crippen LogP contribution in [0.3, 0.4) is 0 Å². The number of hydrogen-bond donors (Lipinski definition) is 1. The summed E-state index contributed by atoms with van der Waals surface area (Å²) in [4.78, 5) is 21.8. The Hall–Kier alpha value is -3.36. The Labute approximate surface area is 234 Å². The second-order valence-electron chi connectivity index (χ2n) is 10.2. The average molecular weight is 596 g/mol. The lowest BCUT2D eigenvalue weighted by Gasteiger charge is -2.34. The van der Waals surface area contributed by atoms with Gasteiger partial charge in [-0.2, -0.15) is 36.4 Å². The number of aliphatic hydroxyl groups is 1. The summed E-state index contributed by atoms with van der Waals surface area (Å²) >= 11 is 1.30. The SMILES string of the molecule is O=C1N=C(N2CC3CC2CN3CCO)SC1=Cc1ccc2c(cnn2Cc2ccc(C(F)(F)F)cc2C(F)(F)F)c1. The van der Waals surface area contributed by atoms with Crippen molar-refractivity contribution >= 4 is 39.8 Å². The van der Waals surface area contributed by atoms with Crippen LogP contribution in [0, 0.1) is 0 Å². The lowest BCUT2D eigenvalue weighted by molar-refractivity contribution is -0.143. The largest absolute Gasteiger partial charge is 0.416 e. The van der Waals surface area contributed by atoms with Gasteiger partial charge in [-0.05, 0) is 59.7 Å². The van der Waals surface area contributed by atoms with Crippen molar-refractivity contribution in [1.29, 1.82) is 0 Å². The van der Waals surface area contributed by atoms with Crippen molar-refractivity contribution in [3.63, 3.8) is 0 Å². The van der Waals surface area contributed by atoms with E-state index in [0.29, 0.717) is 45.2 Å². The minimum absolute atomic E-state index is 0.108. The van der Waals surface area contributed by atoms with Crippen LogP contribution in [0.4, 0.5) is 26.3 Å². The van der Waals surface area contributed by atoms with Crippen molar-refractivity contribution in [3.8, 4) is 0 Å². The van der Waals surface area contributed by atoms with Gasteiger partial charge in [0.2, 0.25) is 0 Å². The summed E-state index contributed by atoms with van der Waals surface area (Å²) in [7, 11) is 0. The zero-order valence-corrected chi connectivity index (χ0v) is 22.1. The Balaban J connectivity index is 1.19. The molecule has 4 heterocycles. The molecule has 41 heavy (non-hydrogen) atoms. The molecule has 0 spiro atoms. The summed E-state index contributed by atoms with van der Waals surface area (Å²) < 4.78 is 81.2. The van der Waals surface area contributed by atoms with Gasteiger partial charge in [0.1, 0.15) is 0 Å². The Morgan fingerprint density at radius 2 is 1.83 bits per heavy atom. The van der Waals surface area contributed by atoms with E-state index >= 15 is 0 Å². The summed E-state index contributed by atoms with van der Waals surface area (Å²) in [5.41, 5.74) is -1.91. The van der Waals surface area contributed by atoms with E-state index in [-0.39, 0.29) is 36.7 Å². The van der Waals surface area contributed by atoms with Crippen LogP contribution in [0.25, 0.3) is 17.0 Å². The third-order valence-corrected chi connectivity index (χ3v) is 8.64. The van der Waals surface area contributed by atoms with Gasteiger partial charge in [0.15, 0.2) is 5.17 Å². The molecule has 0 saturated carbocycles. The van der Waals surface area contributed by atoms with Crippen molar-refractivity contribution < 1.29 is 36.2 Å². The van der Waals surface area contributed by atoms with Gasteiger partial charge >= 0.3 is 12.4 Å². The Bertz CT molecular complexity index is 1580. The molecular weight excluding hydrogens is 572 g/mol. The van der Waals surface area contributed by atoms with E-state index < -0.39 is 23.5 Å². The van der Waals surface area contributed by atoms with Crippen LogP contribution in [0.5, 0.6) is 0 Å². The highest BCUT2D eigenvalue weighted by atomic mass is 32.2. The number of amidine groups is 1. The monoisotopic (exact) mass is 595 g/mol. The van der Waals surface area contributed by atoms with Gasteiger partial charge in [-0.1, -0.05) is 12.1 Å². The number of likely N-dealkylation sites (tertiary alicyclic amines) is 2. The van der Waals surface area contributed by atoms with E-state index in [1.807, 2.05) is 0 Å². The number of aliphatic imine (C=N–C) groups is 1. The molecule has 1 aromatic heterocycles. The lowest BCUT2D eigenvalue weighted by Crippen LogP contribution is -2.48. The highest BCUT2D eigenvalue weighted by Gasteiger charge is 2.45. The predicted molar refractivity (Wildman–Crippen MR) is 141 cm³/mol. The van der Waals surface area contributed by atoms with E-state index in [2.05, 4.69) is 19.9 Å². The molecule has 2 fully saturated rings. The van der Waals surface area contributed by atoms with Crippen LogP contribution in [0.2, 0.25) is 0 Å². The molecule has 2 unspecified atom stereocenters. The summed E-state index contributed by atoms with van der Waals surface area (Å²) in [5, 5.41) is 14.6. The average Bonchev–Trinajstić information content (AvgIpc) is 3.67. The molecule has 7 nitrogen and oxygen atoms in total. The van der Waals surface area contributed by atoms with Gasteiger partial charge in [-0.15, -0.1) is 0 Å². The molecule has 2 bridgehead atoms. The number of fused-ring (bicyclic) bond motifs is 3. The number of amides is 1. The maximum Gasteiger partial charge on any atom is 0.416 e. The molecule has 2 atom stereocenters. The van der Waals surface area contributed by atoms with Crippen molar-refractivity contribution in [2.75, 3.05) is 26.2 Å². The molecule has 2 aromatic carbocycles. The zero-order valence-electron chi connectivity index (χ0n) is 21.3. The van der Waals surface area contributed by atoms with Crippen molar-refractivity contribution in [2.45, 2.75) is 37.4 Å². The topological polar surface area (TPSA) is 74.0 Å². The minimum atomic E-state index is -4.97.